The molecule has 0 aliphatic rings. The fraction of sp³-hybridized carbons (Fsp3) is 0.188. The second-order valence-electron chi connectivity index (χ2n) is 5.23. The second-order valence-corrected chi connectivity index (χ2v) is 6.04. The van der Waals surface area contributed by atoms with E-state index in [0.717, 1.165) is 12.1 Å². The fourth-order valence-corrected chi connectivity index (χ4v) is 2.51. The lowest BCUT2D eigenvalue weighted by Crippen LogP contribution is -2.19. The first-order valence-electron chi connectivity index (χ1n) is 7.03. The summed E-state index contributed by atoms with van der Waals surface area (Å²) < 4.78 is 37.6. The summed E-state index contributed by atoms with van der Waals surface area (Å²) in [5.74, 6) is -0.233. The number of hydrogen-bond acceptors (Lipinski definition) is 3. The standard InChI is InChI=1S/C16H14ClF3N2O2S/c1-8(23)12-6-11(7-13(17)14(12)24)22-15(25)21-10-4-2-9(3-5-10)16(18,19)20/h2-8,23-24H,1H3,(H2,21,22,25). The van der Waals surface area contributed by atoms with E-state index in [1.165, 1.54) is 31.2 Å². The van der Waals surface area contributed by atoms with Gasteiger partial charge in [-0.2, -0.15) is 13.2 Å². The summed E-state index contributed by atoms with van der Waals surface area (Å²) in [5.41, 5.74) is 0.227. The van der Waals surface area contributed by atoms with Gasteiger partial charge in [0.25, 0.3) is 0 Å². The predicted molar refractivity (Wildman–Crippen MR) is 95.0 cm³/mol. The quantitative estimate of drug-likeness (QED) is 0.442. The Kier molecular flexibility index (Phi) is 5.76. The maximum absolute atomic E-state index is 12.5. The van der Waals surface area contributed by atoms with Crippen molar-refractivity contribution in [1.82, 2.24) is 0 Å². The molecule has 0 bridgehead atoms. The Labute approximate surface area is 152 Å². The van der Waals surface area contributed by atoms with E-state index in [1.807, 2.05) is 0 Å². The molecule has 0 saturated heterocycles. The van der Waals surface area contributed by atoms with Crippen molar-refractivity contribution in [3.05, 3.63) is 52.5 Å². The lowest BCUT2D eigenvalue weighted by atomic mass is 10.1. The van der Waals surface area contributed by atoms with E-state index in [-0.39, 0.29) is 21.4 Å². The Morgan fingerprint density at radius 2 is 1.68 bits per heavy atom. The molecule has 2 aromatic rings. The van der Waals surface area contributed by atoms with Crippen LogP contribution in [0.25, 0.3) is 0 Å². The van der Waals surface area contributed by atoms with Crippen LogP contribution in [-0.4, -0.2) is 15.3 Å². The van der Waals surface area contributed by atoms with Crippen molar-refractivity contribution in [1.29, 1.82) is 0 Å². The van der Waals surface area contributed by atoms with Crippen LogP contribution < -0.4 is 10.6 Å². The summed E-state index contributed by atoms with van der Waals surface area (Å²) in [4.78, 5) is 0. The molecule has 134 valence electrons. The van der Waals surface area contributed by atoms with Crippen molar-refractivity contribution in [3.63, 3.8) is 0 Å². The first-order valence-corrected chi connectivity index (χ1v) is 7.82. The molecule has 9 heteroatoms. The molecule has 0 aliphatic heterocycles. The van der Waals surface area contributed by atoms with Gasteiger partial charge < -0.3 is 20.8 Å². The number of alkyl halides is 3. The number of thiocarbonyl (C=S) groups is 1. The maximum Gasteiger partial charge on any atom is 0.416 e. The largest absolute Gasteiger partial charge is 0.506 e. The summed E-state index contributed by atoms with van der Waals surface area (Å²) in [6.45, 7) is 1.47. The Hall–Kier alpha value is -2.03. The van der Waals surface area contributed by atoms with Gasteiger partial charge in [-0.3, -0.25) is 0 Å². The lowest BCUT2D eigenvalue weighted by molar-refractivity contribution is -0.137. The van der Waals surface area contributed by atoms with Gasteiger partial charge in [-0.25, -0.2) is 0 Å². The minimum Gasteiger partial charge on any atom is -0.506 e. The topological polar surface area (TPSA) is 64.5 Å². The van der Waals surface area contributed by atoms with Crippen molar-refractivity contribution >= 4 is 40.3 Å². The Bertz CT molecular complexity index is 780. The van der Waals surface area contributed by atoms with E-state index in [1.54, 1.807) is 0 Å². The Balaban J connectivity index is 2.10. The number of anilines is 2. The summed E-state index contributed by atoms with van der Waals surface area (Å²) in [7, 11) is 0. The van der Waals surface area contributed by atoms with Gasteiger partial charge in [0.05, 0.1) is 16.7 Å². The zero-order valence-electron chi connectivity index (χ0n) is 12.9. The third-order valence-corrected chi connectivity index (χ3v) is 3.76. The number of aliphatic hydroxyl groups excluding tert-OH is 1. The van der Waals surface area contributed by atoms with Crippen molar-refractivity contribution in [2.45, 2.75) is 19.2 Å². The number of phenols is 1. The molecule has 0 aromatic heterocycles. The van der Waals surface area contributed by atoms with Crippen LogP contribution in [0.2, 0.25) is 5.02 Å². The number of benzene rings is 2. The molecule has 0 fully saturated rings. The highest BCUT2D eigenvalue weighted by molar-refractivity contribution is 7.80. The number of aliphatic hydroxyl groups is 1. The first kappa shape index (κ1) is 19.3. The summed E-state index contributed by atoms with van der Waals surface area (Å²) in [6, 6.07) is 7.25. The molecule has 0 saturated carbocycles. The molecule has 0 aliphatic carbocycles. The minimum atomic E-state index is -4.41. The molecule has 0 spiro atoms. The third kappa shape index (κ3) is 4.97. The van der Waals surface area contributed by atoms with E-state index >= 15 is 0 Å². The van der Waals surface area contributed by atoms with E-state index in [4.69, 9.17) is 23.8 Å². The van der Waals surface area contributed by atoms with E-state index < -0.39 is 17.8 Å². The minimum absolute atomic E-state index is 0.0261. The zero-order chi connectivity index (χ0) is 18.8. The molecule has 25 heavy (non-hydrogen) atoms. The number of phenolic OH excluding ortho intramolecular Hbond substituents is 1. The van der Waals surface area contributed by atoms with Gasteiger partial charge in [0.1, 0.15) is 5.75 Å². The molecule has 1 atom stereocenters. The summed E-state index contributed by atoms with van der Waals surface area (Å²) in [6.07, 6.45) is -5.35. The van der Waals surface area contributed by atoms with E-state index in [0.29, 0.717) is 11.4 Å². The molecule has 2 aromatic carbocycles. The number of rotatable bonds is 3. The van der Waals surface area contributed by atoms with Crippen molar-refractivity contribution in [2.75, 3.05) is 10.6 Å². The average molecular weight is 391 g/mol. The van der Waals surface area contributed by atoms with E-state index in [9.17, 15) is 23.4 Å². The molecular weight excluding hydrogens is 377 g/mol. The normalized spacial score (nSPS) is 12.6. The second kappa shape index (κ2) is 7.47. The highest BCUT2D eigenvalue weighted by Crippen LogP contribution is 2.35. The van der Waals surface area contributed by atoms with Gasteiger partial charge in [-0.05, 0) is 55.5 Å². The van der Waals surface area contributed by atoms with Gasteiger partial charge in [0.15, 0.2) is 5.11 Å². The van der Waals surface area contributed by atoms with Crippen molar-refractivity contribution in [3.8, 4) is 5.75 Å². The van der Waals surface area contributed by atoms with Crippen LogP contribution in [0.4, 0.5) is 24.5 Å². The molecule has 4 nitrogen and oxygen atoms in total. The van der Waals surface area contributed by atoms with E-state index in [2.05, 4.69) is 10.6 Å². The van der Waals surface area contributed by atoms with Gasteiger partial charge in [-0.1, -0.05) is 11.6 Å². The van der Waals surface area contributed by atoms with Crippen LogP contribution in [0.1, 0.15) is 24.2 Å². The Morgan fingerprint density at radius 1 is 1.12 bits per heavy atom. The first-order chi connectivity index (χ1) is 11.6. The third-order valence-electron chi connectivity index (χ3n) is 3.27. The summed E-state index contributed by atoms with van der Waals surface area (Å²) >= 11 is 11.0. The zero-order valence-corrected chi connectivity index (χ0v) is 14.4. The molecule has 0 heterocycles. The number of nitrogens with one attached hydrogen (secondary N) is 2. The van der Waals surface area contributed by atoms with Crippen LogP contribution in [0.3, 0.4) is 0 Å². The fourth-order valence-electron chi connectivity index (χ4n) is 2.05. The van der Waals surface area contributed by atoms with Gasteiger partial charge in [0.2, 0.25) is 0 Å². The predicted octanol–water partition coefficient (Wildman–Crippen LogP) is 4.93. The van der Waals surface area contributed by atoms with Crippen LogP contribution in [0.15, 0.2) is 36.4 Å². The molecule has 2 rings (SSSR count). The van der Waals surface area contributed by atoms with Crippen LogP contribution in [0, 0.1) is 0 Å². The average Bonchev–Trinajstić information content (AvgIpc) is 2.50. The van der Waals surface area contributed by atoms with Gasteiger partial charge in [-0.15, -0.1) is 0 Å². The lowest BCUT2D eigenvalue weighted by Gasteiger charge is -2.15. The molecule has 4 N–H and O–H groups in total. The van der Waals surface area contributed by atoms with Crippen LogP contribution in [0.5, 0.6) is 5.75 Å². The van der Waals surface area contributed by atoms with Crippen LogP contribution >= 0.6 is 23.8 Å². The van der Waals surface area contributed by atoms with Crippen molar-refractivity contribution in [2.24, 2.45) is 0 Å². The molecule has 0 radical (unpaired) electrons. The van der Waals surface area contributed by atoms with Gasteiger partial charge >= 0.3 is 6.18 Å². The SMILES string of the molecule is CC(O)c1cc(NC(=S)Nc2ccc(C(F)(F)F)cc2)cc(Cl)c1O. The highest BCUT2D eigenvalue weighted by atomic mass is 35.5. The van der Waals surface area contributed by atoms with Crippen LogP contribution in [-0.2, 0) is 6.18 Å². The highest BCUT2D eigenvalue weighted by Gasteiger charge is 2.29. The monoisotopic (exact) mass is 390 g/mol. The van der Waals surface area contributed by atoms with Crippen molar-refractivity contribution < 1.29 is 23.4 Å². The molecular formula is C16H14ClF3N2O2S. The summed E-state index contributed by atoms with van der Waals surface area (Å²) in [5, 5.41) is 25.1. The smallest absolute Gasteiger partial charge is 0.416 e. The Morgan fingerprint density at radius 3 is 2.20 bits per heavy atom. The maximum atomic E-state index is 12.5. The molecule has 0 amide bonds. The number of hydrogen-bond donors (Lipinski definition) is 4. The van der Waals surface area contributed by atoms with Gasteiger partial charge in [0, 0.05) is 16.9 Å². The number of aromatic hydroxyl groups is 1. The molecule has 1 unspecified atom stereocenters. The number of halogens is 4.